The SMILES string of the molecule is Cc1cc(C)c(C(=O)COC(=O)c2ccc(C=O)cc2)c(C)c1. The molecular formula is C19H18O4. The molecule has 0 aliphatic heterocycles. The van der Waals surface area contributed by atoms with Crippen LogP contribution in [0.25, 0.3) is 0 Å². The zero-order valence-electron chi connectivity index (χ0n) is 13.4. The minimum atomic E-state index is -0.585. The highest BCUT2D eigenvalue weighted by atomic mass is 16.5. The molecule has 4 heteroatoms. The van der Waals surface area contributed by atoms with Crippen LogP contribution < -0.4 is 0 Å². The highest BCUT2D eigenvalue weighted by Crippen LogP contribution is 2.17. The Balaban J connectivity index is 2.06. The van der Waals surface area contributed by atoms with Crippen LogP contribution in [-0.4, -0.2) is 24.6 Å². The maximum absolute atomic E-state index is 12.3. The summed E-state index contributed by atoms with van der Waals surface area (Å²) < 4.78 is 5.08. The Labute approximate surface area is 135 Å². The highest BCUT2D eigenvalue weighted by molar-refractivity contribution is 6.01. The van der Waals surface area contributed by atoms with Crippen molar-refractivity contribution in [1.29, 1.82) is 0 Å². The standard InChI is InChI=1S/C19H18O4/c1-12-8-13(2)18(14(3)9-12)17(21)11-23-19(22)16-6-4-15(10-20)5-7-16/h4-10H,11H2,1-3H3. The van der Waals surface area contributed by atoms with Gasteiger partial charge in [-0.1, -0.05) is 29.8 Å². The van der Waals surface area contributed by atoms with Crippen LogP contribution in [0.5, 0.6) is 0 Å². The number of ether oxygens (including phenoxy) is 1. The van der Waals surface area contributed by atoms with Gasteiger partial charge in [0.15, 0.2) is 6.61 Å². The summed E-state index contributed by atoms with van der Waals surface area (Å²) in [6.45, 7) is 5.40. The molecule has 2 aromatic rings. The summed E-state index contributed by atoms with van der Waals surface area (Å²) in [5.74, 6) is -0.809. The van der Waals surface area contributed by atoms with E-state index >= 15 is 0 Å². The predicted molar refractivity (Wildman–Crippen MR) is 87.1 cm³/mol. The molecule has 0 heterocycles. The van der Waals surface area contributed by atoms with Gasteiger partial charge in [0, 0.05) is 11.1 Å². The fraction of sp³-hybridized carbons (Fsp3) is 0.211. The molecule has 0 aliphatic carbocycles. The number of aryl methyl sites for hydroxylation is 3. The average Bonchev–Trinajstić information content (AvgIpc) is 2.51. The number of carbonyl (C=O) groups excluding carboxylic acids is 3. The summed E-state index contributed by atoms with van der Waals surface area (Å²) in [4.78, 5) is 34.8. The summed E-state index contributed by atoms with van der Waals surface area (Å²) in [7, 11) is 0. The van der Waals surface area contributed by atoms with Crippen molar-refractivity contribution in [3.8, 4) is 0 Å². The summed E-state index contributed by atoms with van der Waals surface area (Å²) >= 11 is 0. The number of hydrogen-bond donors (Lipinski definition) is 0. The summed E-state index contributed by atoms with van der Waals surface area (Å²) in [6.07, 6.45) is 0.696. The Morgan fingerprint density at radius 2 is 1.57 bits per heavy atom. The molecule has 2 rings (SSSR count). The Morgan fingerprint density at radius 3 is 2.09 bits per heavy atom. The first-order chi connectivity index (χ1) is 10.9. The van der Waals surface area contributed by atoms with Crippen molar-refractivity contribution in [1.82, 2.24) is 0 Å². The molecule has 0 aliphatic rings. The third-order valence-corrected chi connectivity index (χ3v) is 3.57. The van der Waals surface area contributed by atoms with Gasteiger partial charge in [0.2, 0.25) is 5.78 Å². The van der Waals surface area contributed by atoms with Crippen LogP contribution in [0, 0.1) is 20.8 Å². The number of rotatable bonds is 5. The Kier molecular flexibility index (Phi) is 5.06. The van der Waals surface area contributed by atoms with Gasteiger partial charge in [-0.05, 0) is 44.0 Å². The second-order valence-corrected chi connectivity index (χ2v) is 5.51. The minimum absolute atomic E-state index is 0.224. The van der Waals surface area contributed by atoms with Gasteiger partial charge in [-0.3, -0.25) is 9.59 Å². The van der Waals surface area contributed by atoms with E-state index in [1.165, 1.54) is 24.3 Å². The number of Topliss-reactive ketones (excluding diaryl/α,β-unsaturated/α-hetero) is 1. The van der Waals surface area contributed by atoms with Gasteiger partial charge in [0.05, 0.1) is 5.56 Å². The molecule has 0 N–H and O–H groups in total. The van der Waals surface area contributed by atoms with E-state index in [4.69, 9.17) is 4.74 Å². The van der Waals surface area contributed by atoms with E-state index < -0.39 is 5.97 Å². The van der Waals surface area contributed by atoms with Crippen molar-refractivity contribution in [3.63, 3.8) is 0 Å². The predicted octanol–water partition coefficient (Wildman–Crippen LogP) is 3.46. The average molecular weight is 310 g/mol. The molecule has 0 atom stereocenters. The molecule has 4 nitrogen and oxygen atoms in total. The Morgan fingerprint density at radius 1 is 1.00 bits per heavy atom. The van der Waals surface area contributed by atoms with Crippen LogP contribution in [0.15, 0.2) is 36.4 Å². The van der Waals surface area contributed by atoms with E-state index in [1.54, 1.807) is 0 Å². The van der Waals surface area contributed by atoms with Crippen molar-refractivity contribution >= 4 is 18.0 Å². The van der Waals surface area contributed by atoms with E-state index in [0.29, 0.717) is 23.0 Å². The second kappa shape index (κ2) is 7.01. The molecule has 0 bridgehead atoms. The van der Waals surface area contributed by atoms with E-state index in [0.717, 1.165) is 16.7 Å². The lowest BCUT2D eigenvalue weighted by atomic mass is 9.97. The van der Waals surface area contributed by atoms with Crippen LogP contribution in [0.3, 0.4) is 0 Å². The lowest BCUT2D eigenvalue weighted by Gasteiger charge is -2.10. The normalized spacial score (nSPS) is 10.2. The van der Waals surface area contributed by atoms with Gasteiger partial charge in [0.25, 0.3) is 0 Å². The molecule has 0 unspecified atom stereocenters. The van der Waals surface area contributed by atoms with Gasteiger partial charge in [-0.25, -0.2) is 4.79 Å². The van der Waals surface area contributed by atoms with Gasteiger partial charge in [-0.15, -0.1) is 0 Å². The number of esters is 1. The van der Waals surface area contributed by atoms with E-state index in [-0.39, 0.29) is 12.4 Å². The smallest absolute Gasteiger partial charge is 0.338 e. The molecule has 2 aromatic carbocycles. The van der Waals surface area contributed by atoms with Crippen LogP contribution in [0.1, 0.15) is 47.8 Å². The third-order valence-electron chi connectivity index (χ3n) is 3.57. The van der Waals surface area contributed by atoms with Crippen LogP contribution in [0.4, 0.5) is 0 Å². The first-order valence-electron chi connectivity index (χ1n) is 7.26. The molecule has 0 saturated carbocycles. The van der Waals surface area contributed by atoms with Gasteiger partial charge >= 0.3 is 5.97 Å². The lowest BCUT2D eigenvalue weighted by molar-refractivity contribution is 0.0474. The Hall–Kier alpha value is -2.75. The maximum Gasteiger partial charge on any atom is 0.338 e. The fourth-order valence-corrected chi connectivity index (χ4v) is 2.60. The second-order valence-electron chi connectivity index (χ2n) is 5.51. The summed E-state index contributed by atoms with van der Waals surface area (Å²) in [5, 5.41) is 0. The molecule has 0 spiro atoms. The van der Waals surface area contributed by atoms with Crippen molar-refractivity contribution in [3.05, 3.63) is 69.8 Å². The van der Waals surface area contributed by atoms with Crippen LogP contribution in [-0.2, 0) is 4.74 Å². The molecule has 0 fully saturated rings. The molecule has 0 saturated heterocycles. The number of benzene rings is 2. The zero-order valence-corrected chi connectivity index (χ0v) is 13.4. The van der Waals surface area contributed by atoms with Gasteiger partial charge in [-0.2, -0.15) is 0 Å². The van der Waals surface area contributed by atoms with Crippen LogP contribution >= 0.6 is 0 Å². The largest absolute Gasteiger partial charge is 0.454 e. The number of ketones is 1. The monoisotopic (exact) mass is 310 g/mol. The zero-order chi connectivity index (χ0) is 17.0. The first kappa shape index (κ1) is 16.6. The van der Waals surface area contributed by atoms with Crippen molar-refractivity contribution in [2.75, 3.05) is 6.61 Å². The van der Waals surface area contributed by atoms with E-state index in [1.807, 2.05) is 32.9 Å². The van der Waals surface area contributed by atoms with Crippen molar-refractivity contribution < 1.29 is 19.1 Å². The van der Waals surface area contributed by atoms with Gasteiger partial charge in [0.1, 0.15) is 6.29 Å². The van der Waals surface area contributed by atoms with Gasteiger partial charge < -0.3 is 4.74 Å². The van der Waals surface area contributed by atoms with E-state index in [9.17, 15) is 14.4 Å². The lowest BCUT2D eigenvalue weighted by Crippen LogP contribution is -2.16. The van der Waals surface area contributed by atoms with E-state index in [2.05, 4.69) is 0 Å². The molecular weight excluding hydrogens is 292 g/mol. The number of hydrogen-bond acceptors (Lipinski definition) is 4. The summed E-state index contributed by atoms with van der Waals surface area (Å²) in [5.41, 5.74) is 4.21. The maximum atomic E-state index is 12.3. The Bertz CT molecular complexity index is 734. The highest BCUT2D eigenvalue weighted by Gasteiger charge is 2.16. The number of carbonyl (C=O) groups is 3. The molecule has 23 heavy (non-hydrogen) atoms. The minimum Gasteiger partial charge on any atom is -0.454 e. The van der Waals surface area contributed by atoms with Crippen molar-refractivity contribution in [2.24, 2.45) is 0 Å². The fourth-order valence-electron chi connectivity index (χ4n) is 2.60. The summed E-state index contributed by atoms with van der Waals surface area (Å²) in [6, 6.07) is 9.91. The molecule has 0 aromatic heterocycles. The molecule has 0 amide bonds. The molecule has 0 radical (unpaired) electrons. The molecule has 118 valence electrons. The third kappa shape index (κ3) is 3.92. The topological polar surface area (TPSA) is 60.4 Å². The first-order valence-corrected chi connectivity index (χ1v) is 7.26. The quantitative estimate of drug-likeness (QED) is 0.482. The number of aldehydes is 1. The van der Waals surface area contributed by atoms with Crippen molar-refractivity contribution in [2.45, 2.75) is 20.8 Å². The van der Waals surface area contributed by atoms with Crippen LogP contribution in [0.2, 0.25) is 0 Å².